The summed E-state index contributed by atoms with van der Waals surface area (Å²) in [5.41, 5.74) is 0.354. The van der Waals surface area contributed by atoms with Crippen LogP contribution in [0.5, 0.6) is 5.75 Å². The van der Waals surface area contributed by atoms with E-state index >= 15 is 0 Å². The first-order valence-corrected chi connectivity index (χ1v) is 4.92. The normalized spacial score (nSPS) is 10.7. The van der Waals surface area contributed by atoms with Crippen molar-refractivity contribution >= 4 is 16.9 Å². The Balaban J connectivity index is 3.01. The molecule has 0 saturated heterocycles. The monoisotopic (exact) mass is 234 g/mol. The van der Waals surface area contributed by atoms with E-state index in [4.69, 9.17) is 9.52 Å². The lowest BCUT2D eigenvalue weighted by atomic mass is 10.0. The Labute approximate surface area is 95.9 Å². The molecule has 0 aliphatic rings. The van der Waals surface area contributed by atoms with E-state index in [-0.39, 0.29) is 22.5 Å². The molecule has 0 atom stereocenters. The van der Waals surface area contributed by atoms with Gasteiger partial charge in [-0.05, 0) is 25.5 Å². The number of benzene rings is 1. The van der Waals surface area contributed by atoms with E-state index in [9.17, 15) is 14.7 Å². The second kappa shape index (κ2) is 3.62. The molecule has 0 radical (unpaired) electrons. The Hall–Kier alpha value is -2.30. The Morgan fingerprint density at radius 1 is 1.29 bits per heavy atom. The summed E-state index contributed by atoms with van der Waals surface area (Å²) in [5.74, 6) is -1.60. The van der Waals surface area contributed by atoms with Crippen LogP contribution in [0.4, 0.5) is 0 Å². The van der Waals surface area contributed by atoms with Crippen LogP contribution in [0.2, 0.25) is 0 Å². The lowest BCUT2D eigenvalue weighted by Gasteiger charge is -2.08. The molecule has 1 aromatic heterocycles. The zero-order valence-electron chi connectivity index (χ0n) is 9.27. The number of carboxylic acid groups (broad SMARTS) is 1. The molecule has 17 heavy (non-hydrogen) atoms. The molecule has 0 fully saturated rings. The first-order chi connectivity index (χ1) is 7.91. The fourth-order valence-electron chi connectivity index (χ4n) is 1.76. The highest BCUT2D eigenvalue weighted by Gasteiger charge is 2.17. The molecule has 5 nitrogen and oxygen atoms in total. The van der Waals surface area contributed by atoms with Crippen molar-refractivity contribution in [3.63, 3.8) is 0 Å². The molecule has 1 aromatic carbocycles. The minimum Gasteiger partial charge on any atom is -0.507 e. The highest BCUT2D eigenvalue weighted by molar-refractivity contribution is 5.98. The van der Waals surface area contributed by atoms with E-state index in [0.29, 0.717) is 10.9 Å². The molecule has 0 saturated carbocycles. The number of phenols is 1. The molecule has 2 aromatic rings. The summed E-state index contributed by atoms with van der Waals surface area (Å²) in [6.07, 6.45) is 0. The molecular formula is C12H10O5. The van der Waals surface area contributed by atoms with Gasteiger partial charge in [0.25, 0.3) is 0 Å². The van der Waals surface area contributed by atoms with Gasteiger partial charge in [0.05, 0.1) is 0 Å². The quantitative estimate of drug-likeness (QED) is 0.734. The van der Waals surface area contributed by atoms with Crippen LogP contribution in [0.15, 0.2) is 21.3 Å². The molecule has 0 spiro atoms. The molecule has 0 aliphatic heterocycles. The number of rotatable bonds is 1. The lowest BCUT2D eigenvalue weighted by Crippen LogP contribution is -2.03. The Kier molecular flexibility index (Phi) is 2.38. The zero-order chi connectivity index (χ0) is 12.7. The van der Waals surface area contributed by atoms with Crippen molar-refractivity contribution in [2.24, 2.45) is 0 Å². The third-order valence-electron chi connectivity index (χ3n) is 2.68. The smallest absolute Gasteiger partial charge is 0.339 e. The Morgan fingerprint density at radius 3 is 2.53 bits per heavy atom. The van der Waals surface area contributed by atoms with E-state index in [1.54, 1.807) is 6.92 Å². The van der Waals surface area contributed by atoms with Crippen LogP contribution in [-0.4, -0.2) is 16.2 Å². The molecule has 1 heterocycles. The number of fused-ring (bicyclic) bond motifs is 1. The van der Waals surface area contributed by atoms with Crippen molar-refractivity contribution in [2.75, 3.05) is 0 Å². The van der Waals surface area contributed by atoms with Crippen LogP contribution in [0.3, 0.4) is 0 Å². The van der Waals surface area contributed by atoms with E-state index in [1.807, 2.05) is 0 Å². The molecular weight excluding hydrogens is 224 g/mol. The SMILES string of the molecule is Cc1cc(=O)oc2c(C)c(O)c(C(=O)O)cc12. The highest BCUT2D eigenvalue weighted by atomic mass is 16.4. The van der Waals surface area contributed by atoms with Crippen LogP contribution in [0.1, 0.15) is 21.5 Å². The fraction of sp³-hybridized carbons (Fsp3) is 0.167. The number of aromatic hydroxyl groups is 1. The van der Waals surface area contributed by atoms with E-state index in [1.165, 1.54) is 19.1 Å². The number of hydrogen-bond acceptors (Lipinski definition) is 4. The van der Waals surface area contributed by atoms with Gasteiger partial charge in [-0.2, -0.15) is 0 Å². The van der Waals surface area contributed by atoms with Crippen molar-refractivity contribution in [3.8, 4) is 5.75 Å². The fourth-order valence-corrected chi connectivity index (χ4v) is 1.76. The molecule has 0 bridgehead atoms. The van der Waals surface area contributed by atoms with Gasteiger partial charge in [-0.15, -0.1) is 0 Å². The minimum atomic E-state index is -1.22. The molecule has 0 aliphatic carbocycles. The number of carbonyl (C=O) groups is 1. The predicted octanol–water partition coefficient (Wildman–Crippen LogP) is 1.81. The van der Waals surface area contributed by atoms with Gasteiger partial charge >= 0.3 is 11.6 Å². The maximum atomic E-state index is 11.2. The summed E-state index contributed by atoms with van der Waals surface area (Å²) in [6.45, 7) is 3.19. The van der Waals surface area contributed by atoms with E-state index in [2.05, 4.69) is 0 Å². The third-order valence-corrected chi connectivity index (χ3v) is 2.68. The zero-order valence-corrected chi connectivity index (χ0v) is 9.27. The minimum absolute atomic E-state index is 0.202. The number of hydrogen-bond donors (Lipinski definition) is 2. The van der Waals surface area contributed by atoms with Gasteiger partial charge in [-0.3, -0.25) is 0 Å². The van der Waals surface area contributed by atoms with E-state index in [0.717, 1.165) is 0 Å². The summed E-state index contributed by atoms with van der Waals surface area (Å²) < 4.78 is 4.98. The summed E-state index contributed by atoms with van der Waals surface area (Å²) >= 11 is 0. The second-order valence-corrected chi connectivity index (χ2v) is 3.83. The average Bonchev–Trinajstić information content (AvgIpc) is 2.23. The third kappa shape index (κ3) is 1.65. The Bertz CT molecular complexity index is 681. The molecule has 88 valence electrons. The van der Waals surface area contributed by atoms with Gasteiger partial charge in [0.15, 0.2) is 0 Å². The van der Waals surface area contributed by atoms with Crippen molar-refractivity contribution in [2.45, 2.75) is 13.8 Å². The van der Waals surface area contributed by atoms with Crippen LogP contribution < -0.4 is 5.63 Å². The maximum absolute atomic E-state index is 11.2. The summed E-state index contributed by atoms with van der Waals surface area (Å²) in [5, 5.41) is 19.2. The van der Waals surface area contributed by atoms with Gasteiger partial charge in [0.2, 0.25) is 0 Å². The van der Waals surface area contributed by atoms with Crippen molar-refractivity contribution in [1.82, 2.24) is 0 Å². The van der Waals surface area contributed by atoms with Gasteiger partial charge in [0.1, 0.15) is 16.9 Å². The second-order valence-electron chi connectivity index (χ2n) is 3.83. The maximum Gasteiger partial charge on any atom is 0.339 e. The van der Waals surface area contributed by atoms with Gasteiger partial charge in [0, 0.05) is 17.0 Å². The molecule has 0 amide bonds. The first-order valence-electron chi connectivity index (χ1n) is 4.92. The average molecular weight is 234 g/mol. The topological polar surface area (TPSA) is 87.7 Å². The van der Waals surface area contributed by atoms with Crippen LogP contribution >= 0.6 is 0 Å². The highest BCUT2D eigenvalue weighted by Crippen LogP contribution is 2.31. The van der Waals surface area contributed by atoms with Crippen LogP contribution in [0, 0.1) is 13.8 Å². The van der Waals surface area contributed by atoms with Gasteiger partial charge in [-0.1, -0.05) is 0 Å². The van der Waals surface area contributed by atoms with Crippen molar-refractivity contribution in [3.05, 3.63) is 39.2 Å². The summed E-state index contributed by atoms with van der Waals surface area (Å²) in [7, 11) is 0. The van der Waals surface area contributed by atoms with Crippen LogP contribution in [-0.2, 0) is 0 Å². The summed E-state index contributed by atoms with van der Waals surface area (Å²) in [6, 6.07) is 2.59. The molecule has 5 heteroatoms. The van der Waals surface area contributed by atoms with E-state index < -0.39 is 11.6 Å². The summed E-state index contributed by atoms with van der Waals surface area (Å²) in [4.78, 5) is 22.2. The lowest BCUT2D eigenvalue weighted by molar-refractivity contribution is 0.0694. The van der Waals surface area contributed by atoms with Gasteiger partial charge < -0.3 is 14.6 Å². The van der Waals surface area contributed by atoms with Gasteiger partial charge in [-0.25, -0.2) is 9.59 Å². The Morgan fingerprint density at radius 2 is 1.94 bits per heavy atom. The predicted molar refractivity (Wildman–Crippen MR) is 60.6 cm³/mol. The largest absolute Gasteiger partial charge is 0.507 e. The van der Waals surface area contributed by atoms with Crippen molar-refractivity contribution < 1.29 is 19.4 Å². The standard InChI is InChI=1S/C12H10O5/c1-5-3-9(13)17-11-6(2)10(14)8(12(15)16)4-7(5)11/h3-4,14H,1-2H3,(H,15,16). The molecule has 0 unspecified atom stereocenters. The number of aryl methyl sites for hydroxylation is 2. The number of aromatic carboxylic acids is 1. The molecule has 2 rings (SSSR count). The van der Waals surface area contributed by atoms with Crippen LogP contribution in [0.25, 0.3) is 11.0 Å². The molecule has 2 N–H and O–H groups in total. The first kappa shape index (κ1) is 11.2. The van der Waals surface area contributed by atoms with Crippen molar-refractivity contribution in [1.29, 1.82) is 0 Å². The number of carboxylic acids is 1.